The second kappa shape index (κ2) is 4.45. The summed E-state index contributed by atoms with van der Waals surface area (Å²) in [6.07, 6.45) is -2.58. The first-order chi connectivity index (χ1) is 6.60. The van der Waals surface area contributed by atoms with Crippen molar-refractivity contribution in [3.05, 3.63) is 23.0 Å². The molecule has 0 spiro atoms. The molecule has 0 amide bonds. The molecule has 0 aromatic carbocycles. The lowest BCUT2D eigenvalue weighted by Crippen LogP contribution is -1.98. The average Bonchev–Trinajstić information content (AvgIpc) is 2.17. The molecule has 76 valence electrons. The van der Waals surface area contributed by atoms with Crippen LogP contribution in [-0.4, -0.2) is 16.4 Å². The summed E-state index contributed by atoms with van der Waals surface area (Å²) in [5.41, 5.74) is -0.658. The molecule has 0 saturated heterocycles. The van der Waals surface area contributed by atoms with Gasteiger partial charge in [-0.3, -0.25) is 4.79 Å². The minimum absolute atomic E-state index is 0.176. The summed E-state index contributed by atoms with van der Waals surface area (Å²) in [6, 6.07) is 1.25. The second-order valence-electron chi connectivity index (χ2n) is 2.49. The van der Waals surface area contributed by atoms with Crippen LogP contribution in [0.2, 0.25) is 0 Å². The largest absolute Gasteiger partial charge is 0.505 e. The van der Waals surface area contributed by atoms with Crippen LogP contribution in [0, 0.1) is 0 Å². The monoisotopic (exact) mass is 265 g/mol. The van der Waals surface area contributed by atoms with Crippen LogP contribution in [0.4, 0.5) is 8.78 Å². The van der Waals surface area contributed by atoms with Crippen molar-refractivity contribution in [3.8, 4) is 5.75 Å². The number of halogens is 3. The lowest BCUT2D eigenvalue weighted by Gasteiger charge is -2.06. The van der Waals surface area contributed by atoms with Gasteiger partial charge in [0.25, 0.3) is 6.43 Å². The number of aromatic nitrogens is 1. The number of aromatic hydroxyl groups is 1. The van der Waals surface area contributed by atoms with E-state index < -0.39 is 17.9 Å². The van der Waals surface area contributed by atoms with E-state index in [0.29, 0.717) is 6.29 Å². The zero-order valence-electron chi connectivity index (χ0n) is 6.88. The molecule has 0 bridgehead atoms. The van der Waals surface area contributed by atoms with Crippen LogP contribution in [0.1, 0.15) is 28.2 Å². The Morgan fingerprint density at radius 1 is 1.64 bits per heavy atom. The highest BCUT2D eigenvalue weighted by molar-refractivity contribution is 9.08. The number of alkyl halides is 3. The first-order valence-electron chi connectivity index (χ1n) is 3.62. The Morgan fingerprint density at radius 2 is 2.29 bits per heavy atom. The van der Waals surface area contributed by atoms with Crippen LogP contribution in [0.15, 0.2) is 6.07 Å². The normalized spacial score (nSPS) is 10.6. The minimum Gasteiger partial charge on any atom is -0.505 e. The van der Waals surface area contributed by atoms with Crippen LogP contribution in [-0.2, 0) is 5.33 Å². The smallest absolute Gasteiger partial charge is 0.284 e. The standard InChI is InChI=1S/C8H6BrF2NO2/c9-2-5-1-4(3-13)7(14)6(12-5)8(10)11/h1,3,8,14H,2H2. The maximum absolute atomic E-state index is 12.3. The van der Waals surface area contributed by atoms with Crippen molar-refractivity contribution in [2.45, 2.75) is 11.8 Å². The van der Waals surface area contributed by atoms with Gasteiger partial charge in [0.15, 0.2) is 12.0 Å². The van der Waals surface area contributed by atoms with Crippen LogP contribution in [0.3, 0.4) is 0 Å². The van der Waals surface area contributed by atoms with Crippen molar-refractivity contribution >= 4 is 22.2 Å². The van der Waals surface area contributed by atoms with Gasteiger partial charge in [0, 0.05) is 5.33 Å². The molecular formula is C8H6BrF2NO2. The van der Waals surface area contributed by atoms with Crippen molar-refractivity contribution in [3.63, 3.8) is 0 Å². The summed E-state index contributed by atoms with van der Waals surface area (Å²) in [4.78, 5) is 13.9. The fourth-order valence-corrected chi connectivity index (χ4v) is 1.23. The van der Waals surface area contributed by atoms with Gasteiger partial charge in [-0.05, 0) is 6.07 Å². The van der Waals surface area contributed by atoms with E-state index in [-0.39, 0.29) is 16.6 Å². The number of nitrogens with zero attached hydrogens (tertiary/aromatic N) is 1. The molecule has 0 aliphatic carbocycles. The highest BCUT2D eigenvalue weighted by atomic mass is 79.9. The summed E-state index contributed by atoms with van der Waals surface area (Å²) >= 11 is 3.02. The van der Waals surface area contributed by atoms with Crippen LogP contribution < -0.4 is 0 Å². The van der Waals surface area contributed by atoms with Gasteiger partial charge >= 0.3 is 0 Å². The van der Waals surface area contributed by atoms with Crippen molar-refractivity contribution in [1.29, 1.82) is 0 Å². The molecule has 6 heteroatoms. The van der Waals surface area contributed by atoms with Crippen molar-refractivity contribution in [2.75, 3.05) is 0 Å². The molecule has 1 rings (SSSR count). The van der Waals surface area contributed by atoms with E-state index in [0.717, 1.165) is 0 Å². The summed E-state index contributed by atoms with van der Waals surface area (Å²) in [5.74, 6) is -0.750. The Morgan fingerprint density at radius 3 is 2.71 bits per heavy atom. The number of aldehydes is 1. The molecule has 1 aromatic rings. The predicted octanol–water partition coefficient (Wildman–Crippen LogP) is 2.43. The molecule has 3 nitrogen and oxygen atoms in total. The molecule has 0 aliphatic rings. The number of carbonyl (C=O) groups excluding carboxylic acids is 1. The summed E-state index contributed by atoms with van der Waals surface area (Å²) in [6.45, 7) is 0. The molecule has 0 atom stereocenters. The number of hydrogen-bond donors (Lipinski definition) is 1. The number of pyridine rings is 1. The van der Waals surface area contributed by atoms with Crippen LogP contribution >= 0.6 is 15.9 Å². The fraction of sp³-hybridized carbons (Fsp3) is 0.250. The minimum atomic E-state index is -2.90. The molecule has 0 radical (unpaired) electrons. The van der Waals surface area contributed by atoms with E-state index in [4.69, 9.17) is 0 Å². The number of hydrogen-bond acceptors (Lipinski definition) is 3. The highest BCUT2D eigenvalue weighted by Gasteiger charge is 2.18. The third-order valence-electron chi connectivity index (χ3n) is 1.57. The van der Waals surface area contributed by atoms with Gasteiger partial charge in [-0.25, -0.2) is 13.8 Å². The predicted molar refractivity (Wildman–Crippen MR) is 48.9 cm³/mol. The van der Waals surface area contributed by atoms with Gasteiger partial charge in [0.1, 0.15) is 5.69 Å². The average molecular weight is 266 g/mol. The zero-order chi connectivity index (χ0) is 10.7. The highest BCUT2D eigenvalue weighted by Crippen LogP contribution is 2.29. The van der Waals surface area contributed by atoms with Crippen LogP contribution in [0.5, 0.6) is 5.75 Å². The third-order valence-corrected chi connectivity index (χ3v) is 2.15. The quantitative estimate of drug-likeness (QED) is 0.675. The summed E-state index contributed by atoms with van der Waals surface area (Å²) in [7, 11) is 0. The maximum atomic E-state index is 12.3. The maximum Gasteiger partial charge on any atom is 0.284 e. The molecule has 14 heavy (non-hydrogen) atoms. The van der Waals surface area contributed by atoms with E-state index in [1.54, 1.807) is 0 Å². The van der Waals surface area contributed by atoms with Gasteiger partial charge in [0.2, 0.25) is 0 Å². The Labute approximate surface area is 86.9 Å². The molecular weight excluding hydrogens is 260 g/mol. The van der Waals surface area contributed by atoms with Crippen molar-refractivity contribution in [2.24, 2.45) is 0 Å². The number of carbonyl (C=O) groups is 1. The van der Waals surface area contributed by atoms with Crippen LogP contribution in [0.25, 0.3) is 0 Å². The van der Waals surface area contributed by atoms with Crippen molar-refractivity contribution in [1.82, 2.24) is 4.98 Å². The first-order valence-corrected chi connectivity index (χ1v) is 4.74. The van der Waals surface area contributed by atoms with Gasteiger partial charge in [0.05, 0.1) is 11.3 Å². The Kier molecular flexibility index (Phi) is 3.51. The van der Waals surface area contributed by atoms with E-state index in [1.165, 1.54) is 6.07 Å². The number of rotatable bonds is 3. The van der Waals surface area contributed by atoms with Gasteiger partial charge < -0.3 is 5.11 Å². The Bertz CT molecular complexity index is 357. The van der Waals surface area contributed by atoms with Gasteiger partial charge in [-0.1, -0.05) is 15.9 Å². The van der Waals surface area contributed by atoms with E-state index in [1.807, 2.05) is 0 Å². The van der Waals surface area contributed by atoms with E-state index >= 15 is 0 Å². The van der Waals surface area contributed by atoms with Gasteiger partial charge in [-0.15, -0.1) is 0 Å². The first kappa shape index (κ1) is 11.0. The molecule has 1 heterocycles. The zero-order valence-corrected chi connectivity index (χ0v) is 8.46. The third kappa shape index (κ3) is 2.06. The summed E-state index contributed by atoms with van der Waals surface area (Å²) in [5, 5.41) is 9.43. The van der Waals surface area contributed by atoms with Gasteiger partial charge in [-0.2, -0.15) is 0 Å². The molecule has 0 saturated carbocycles. The topological polar surface area (TPSA) is 50.2 Å². The summed E-state index contributed by atoms with van der Waals surface area (Å²) < 4.78 is 24.6. The molecule has 0 fully saturated rings. The van der Waals surface area contributed by atoms with Crippen molar-refractivity contribution < 1.29 is 18.7 Å². The molecule has 1 aromatic heterocycles. The Balaban J connectivity index is 3.34. The second-order valence-corrected chi connectivity index (χ2v) is 3.05. The molecule has 0 unspecified atom stereocenters. The van der Waals surface area contributed by atoms with E-state index in [9.17, 15) is 18.7 Å². The fourth-order valence-electron chi connectivity index (χ4n) is 0.946. The molecule has 0 aliphatic heterocycles. The van der Waals surface area contributed by atoms with E-state index in [2.05, 4.69) is 20.9 Å². The molecule has 1 N–H and O–H groups in total. The lowest BCUT2D eigenvalue weighted by molar-refractivity contribution is 0.111. The lowest BCUT2D eigenvalue weighted by atomic mass is 10.2. The Hall–Kier alpha value is -1.04. The SMILES string of the molecule is O=Cc1cc(CBr)nc(C(F)F)c1O.